The number of hydrogen-bond donors (Lipinski definition) is 1. The molecule has 2 aromatic rings. The molecule has 0 aliphatic heterocycles. The van der Waals surface area contributed by atoms with E-state index in [0.717, 1.165) is 16.1 Å². The van der Waals surface area contributed by atoms with Crippen LogP contribution in [-0.4, -0.2) is 23.4 Å². The van der Waals surface area contributed by atoms with Crippen molar-refractivity contribution in [2.75, 3.05) is 6.26 Å². The largest absolute Gasteiger partial charge is 0.511 e. The van der Waals surface area contributed by atoms with Gasteiger partial charge < -0.3 is 5.11 Å². The normalized spacial score (nSPS) is 18.4. The summed E-state index contributed by atoms with van der Waals surface area (Å²) in [6, 6.07) is 17.6. The molecular formula is C20H19NO2S. The molecule has 0 saturated carbocycles. The Hall–Kier alpha value is -2.33. The summed E-state index contributed by atoms with van der Waals surface area (Å²) in [6.07, 6.45) is 4.37. The van der Waals surface area contributed by atoms with Crippen LogP contribution in [0.3, 0.4) is 0 Å². The number of ketones is 1. The lowest BCUT2D eigenvalue weighted by atomic mass is 9.83. The minimum Gasteiger partial charge on any atom is -0.511 e. The molecule has 0 aromatic heterocycles. The summed E-state index contributed by atoms with van der Waals surface area (Å²) in [5.41, 5.74) is 2.22. The molecule has 1 unspecified atom stereocenters. The predicted molar refractivity (Wildman–Crippen MR) is 99.5 cm³/mol. The van der Waals surface area contributed by atoms with Crippen molar-refractivity contribution in [3.8, 4) is 0 Å². The molecule has 2 aromatic carbocycles. The van der Waals surface area contributed by atoms with Crippen LogP contribution in [0.5, 0.6) is 0 Å². The standard InChI is InChI=1S/C20H19NO2S/c1-24-20-10-6-5-9-17(20)21-13-16-18(22)11-15(12-19(16)23)14-7-3-2-4-8-14/h2-10,13,15,22H,11-12H2,1H3. The highest BCUT2D eigenvalue weighted by molar-refractivity contribution is 7.98. The maximum Gasteiger partial charge on any atom is 0.168 e. The Morgan fingerprint density at radius 1 is 1.08 bits per heavy atom. The van der Waals surface area contributed by atoms with E-state index in [1.54, 1.807) is 11.8 Å². The fourth-order valence-corrected chi connectivity index (χ4v) is 3.43. The summed E-state index contributed by atoms with van der Waals surface area (Å²) in [6.45, 7) is 0. The van der Waals surface area contributed by atoms with Gasteiger partial charge in [0.05, 0.1) is 11.3 Å². The smallest absolute Gasteiger partial charge is 0.168 e. The van der Waals surface area contributed by atoms with E-state index < -0.39 is 0 Å². The molecule has 1 N–H and O–H groups in total. The fraction of sp³-hybridized carbons (Fsp3) is 0.200. The highest BCUT2D eigenvalue weighted by Gasteiger charge is 2.27. The van der Waals surface area contributed by atoms with Crippen LogP contribution >= 0.6 is 11.8 Å². The molecule has 24 heavy (non-hydrogen) atoms. The Morgan fingerprint density at radius 3 is 2.50 bits per heavy atom. The van der Waals surface area contributed by atoms with E-state index in [1.165, 1.54) is 6.21 Å². The third kappa shape index (κ3) is 3.60. The van der Waals surface area contributed by atoms with Crippen molar-refractivity contribution in [1.29, 1.82) is 0 Å². The number of hydrogen-bond acceptors (Lipinski definition) is 4. The van der Waals surface area contributed by atoms with Crippen LogP contribution < -0.4 is 0 Å². The van der Waals surface area contributed by atoms with Gasteiger partial charge in [0.2, 0.25) is 0 Å². The molecular weight excluding hydrogens is 318 g/mol. The van der Waals surface area contributed by atoms with Crippen LogP contribution in [0.2, 0.25) is 0 Å². The minimum absolute atomic E-state index is 0.0364. The lowest BCUT2D eigenvalue weighted by molar-refractivity contribution is -0.116. The van der Waals surface area contributed by atoms with Gasteiger partial charge in [-0.05, 0) is 29.9 Å². The van der Waals surface area contributed by atoms with Gasteiger partial charge in [-0.3, -0.25) is 9.79 Å². The number of aliphatic hydroxyl groups is 1. The van der Waals surface area contributed by atoms with E-state index in [0.29, 0.717) is 18.4 Å². The second-order valence-electron chi connectivity index (χ2n) is 5.73. The predicted octanol–water partition coefficient (Wildman–Crippen LogP) is 5.07. The van der Waals surface area contributed by atoms with Crippen LogP contribution in [0, 0.1) is 0 Å². The average molecular weight is 337 g/mol. The van der Waals surface area contributed by atoms with E-state index in [1.807, 2.05) is 60.9 Å². The number of thioether (sulfide) groups is 1. The Kier molecular flexibility index (Phi) is 5.16. The topological polar surface area (TPSA) is 49.7 Å². The molecule has 0 bridgehead atoms. The first-order chi connectivity index (χ1) is 11.7. The zero-order valence-electron chi connectivity index (χ0n) is 13.5. The number of para-hydroxylation sites is 1. The van der Waals surface area contributed by atoms with Crippen molar-refractivity contribution in [2.24, 2.45) is 4.99 Å². The molecule has 0 spiro atoms. The van der Waals surface area contributed by atoms with Crippen molar-refractivity contribution in [3.05, 3.63) is 71.5 Å². The number of nitrogens with zero attached hydrogens (tertiary/aromatic N) is 1. The van der Waals surface area contributed by atoms with E-state index >= 15 is 0 Å². The Morgan fingerprint density at radius 2 is 1.79 bits per heavy atom. The number of carbonyl (C=O) groups is 1. The van der Waals surface area contributed by atoms with Crippen LogP contribution in [-0.2, 0) is 4.79 Å². The highest BCUT2D eigenvalue weighted by atomic mass is 32.2. The molecule has 0 saturated heterocycles. The van der Waals surface area contributed by atoms with Gasteiger partial charge in [-0.2, -0.15) is 0 Å². The third-order valence-electron chi connectivity index (χ3n) is 4.17. The number of aliphatic imine (C=N–C) groups is 1. The molecule has 3 nitrogen and oxygen atoms in total. The second kappa shape index (κ2) is 7.49. The number of benzene rings is 2. The zero-order chi connectivity index (χ0) is 16.9. The molecule has 122 valence electrons. The molecule has 0 radical (unpaired) electrons. The number of allylic oxidation sites excluding steroid dienone is 2. The molecule has 0 heterocycles. The van der Waals surface area contributed by atoms with Gasteiger partial charge in [-0.25, -0.2) is 0 Å². The maximum atomic E-state index is 12.4. The van der Waals surface area contributed by atoms with Crippen molar-refractivity contribution >= 4 is 29.4 Å². The Balaban J connectivity index is 1.83. The van der Waals surface area contributed by atoms with Crippen molar-refractivity contribution < 1.29 is 9.90 Å². The first-order valence-corrected chi connectivity index (χ1v) is 9.09. The highest BCUT2D eigenvalue weighted by Crippen LogP contribution is 2.33. The molecule has 0 amide bonds. The van der Waals surface area contributed by atoms with Crippen molar-refractivity contribution in [1.82, 2.24) is 0 Å². The monoisotopic (exact) mass is 337 g/mol. The van der Waals surface area contributed by atoms with E-state index in [9.17, 15) is 9.90 Å². The van der Waals surface area contributed by atoms with Crippen LogP contribution in [0.15, 0.2) is 75.8 Å². The van der Waals surface area contributed by atoms with Gasteiger partial charge in [0.15, 0.2) is 5.78 Å². The fourth-order valence-electron chi connectivity index (χ4n) is 2.89. The quantitative estimate of drug-likeness (QED) is 0.626. The van der Waals surface area contributed by atoms with Crippen molar-refractivity contribution in [2.45, 2.75) is 23.7 Å². The van der Waals surface area contributed by atoms with E-state index in [2.05, 4.69) is 4.99 Å². The Bertz CT molecular complexity index is 796. The van der Waals surface area contributed by atoms with Gasteiger partial charge >= 0.3 is 0 Å². The lowest BCUT2D eigenvalue weighted by Gasteiger charge is -2.22. The summed E-state index contributed by atoms with van der Waals surface area (Å²) < 4.78 is 0. The summed E-state index contributed by atoms with van der Waals surface area (Å²) in [5, 5.41) is 10.3. The third-order valence-corrected chi connectivity index (χ3v) is 4.96. The van der Waals surface area contributed by atoms with E-state index in [-0.39, 0.29) is 17.5 Å². The SMILES string of the molecule is CSc1ccccc1N=CC1=C(O)CC(c2ccccc2)CC1=O. The van der Waals surface area contributed by atoms with Gasteiger partial charge in [0.25, 0.3) is 0 Å². The first-order valence-electron chi connectivity index (χ1n) is 7.86. The van der Waals surface area contributed by atoms with Crippen LogP contribution in [0.25, 0.3) is 0 Å². The average Bonchev–Trinajstić information content (AvgIpc) is 2.62. The molecule has 4 heteroatoms. The number of Topliss-reactive ketones (excluding diaryl/α,β-unsaturated/α-hetero) is 1. The zero-order valence-corrected chi connectivity index (χ0v) is 14.3. The van der Waals surface area contributed by atoms with Gasteiger partial charge in [-0.15, -0.1) is 11.8 Å². The van der Waals surface area contributed by atoms with Gasteiger partial charge in [0, 0.05) is 24.0 Å². The number of aliphatic hydroxyl groups excluding tert-OH is 1. The Labute approximate surface area is 146 Å². The van der Waals surface area contributed by atoms with E-state index in [4.69, 9.17) is 0 Å². The molecule has 1 aliphatic rings. The first kappa shape index (κ1) is 16.5. The summed E-state index contributed by atoms with van der Waals surface area (Å²) in [4.78, 5) is 17.9. The molecule has 0 fully saturated rings. The molecule has 1 atom stereocenters. The van der Waals surface area contributed by atoms with Crippen molar-refractivity contribution in [3.63, 3.8) is 0 Å². The second-order valence-corrected chi connectivity index (χ2v) is 6.58. The maximum absolute atomic E-state index is 12.4. The summed E-state index contributed by atoms with van der Waals surface area (Å²) >= 11 is 1.60. The van der Waals surface area contributed by atoms with Gasteiger partial charge in [-0.1, -0.05) is 42.5 Å². The lowest BCUT2D eigenvalue weighted by Crippen LogP contribution is -2.19. The number of carbonyl (C=O) groups excluding carboxylic acids is 1. The number of rotatable bonds is 4. The molecule has 1 aliphatic carbocycles. The van der Waals surface area contributed by atoms with Crippen LogP contribution in [0.1, 0.15) is 24.3 Å². The molecule has 3 rings (SSSR count). The summed E-state index contributed by atoms with van der Waals surface area (Å²) in [5.74, 6) is 0.109. The van der Waals surface area contributed by atoms with Gasteiger partial charge in [0.1, 0.15) is 5.76 Å². The minimum atomic E-state index is -0.0574. The van der Waals surface area contributed by atoms with Crippen LogP contribution in [0.4, 0.5) is 5.69 Å². The summed E-state index contributed by atoms with van der Waals surface area (Å²) in [7, 11) is 0.